The first-order chi connectivity index (χ1) is 12.5. The van der Waals surface area contributed by atoms with E-state index < -0.39 is 6.10 Å². The highest BCUT2D eigenvalue weighted by Crippen LogP contribution is 2.15. The maximum atomic E-state index is 11.3. The number of Topliss-reactive ketones (excluding diaryl/α,β-unsaturated/α-hetero) is 1. The van der Waals surface area contributed by atoms with Crippen molar-refractivity contribution < 1.29 is 19.2 Å². The summed E-state index contributed by atoms with van der Waals surface area (Å²) in [6, 6.07) is 15.2. The second-order valence-corrected chi connectivity index (χ2v) is 6.44. The fourth-order valence-electron chi connectivity index (χ4n) is 3.29. The molecule has 0 aliphatic heterocycles. The number of aromatic nitrogens is 2. The Morgan fingerprint density at radius 3 is 2.54 bits per heavy atom. The number of imidazole rings is 1. The molecule has 3 rings (SSSR count). The van der Waals surface area contributed by atoms with E-state index >= 15 is 0 Å². The van der Waals surface area contributed by atoms with Gasteiger partial charge in [-0.05, 0) is 50.2 Å². The lowest BCUT2D eigenvalue weighted by molar-refractivity contribution is -0.685. The Hall–Kier alpha value is -2.66. The lowest BCUT2D eigenvalue weighted by Gasteiger charge is -2.12. The molecule has 26 heavy (non-hydrogen) atoms. The number of benzene rings is 2. The molecule has 0 spiro atoms. The van der Waals surface area contributed by atoms with Crippen molar-refractivity contribution in [2.45, 2.75) is 40.0 Å². The summed E-state index contributed by atoms with van der Waals surface area (Å²) in [6.45, 7) is 7.26. The largest absolute Gasteiger partial charge is 0.491 e. The maximum Gasteiger partial charge on any atom is 0.254 e. The zero-order chi connectivity index (χ0) is 18.7. The van der Waals surface area contributed by atoms with E-state index in [9.17, 15) is 9.90 Å². The van der Waals surface area contributed by atoms with Crippen molar-refractivity contribution in [1.29, 1.82) is 0 Å². The highest BCUT2D eigenvalue weighted by Gasteiger charge is 2.22. The minimum atomic E-state index is -0.637. The number of rotatable bonds is 7. The van der Waals surface area contributed by atoms with Crippen LogP contribution in [0.2, 0.25) is 0 Å². The van der Waals surface area contributed by atoms with E-state index in [1.165, 1.54) is 12.4 Å². The second kappa shape index (κ2) is 7.70. The van der Waals surface area contributed by atoms with Crippen LogP contribution in [0.15, 0.2) is 48.5 Å². The number of aliphatic hydroxyl groups excluding tert-OH is 1. The molecule has 0 bridgehead atoms. The summed E-state index contributed by atoms with van der Waals surface area (Å²) in [4.78, 5) is 11.3. The molecule has 0 aliphatic carbocycles. The molecular weight excluding hydrogens is 328 g/mol. The Morgan fingerprint density at radius 1 is 1.19 bits per heavy atom. The molecule has 5 heteroatoms. The van der Waals surface area contributed by atoms with Crippen LogP contribution in [-0.4, -0.2) is 28.2 Å². The Morgan fingerprint density at radius 2 is 1.88 bits per heavy atom. The number of fused-ring (bicyclic) bond motifs is 1. The van der Waals surface area contributed by atoms with E-state index in [1.807, 2.05) is 12.1 Å². The number of nitrogens with zero attached hydrogens (tertiary/aromatic N) is 2. The minimum absolute atomic E-state index is 0.0239. The molecule has 0 aliphatic rings. The smallest absolute Gasteiger partial charge is 0.254 e. The summed E-state index contributed by atoms with van der Waals surface area (Å²) in [7, 11) is 0. The van der Waals surface area contributed by atoms with E-state index in [4.69, 9.17) is 4.74 Å². The van der Waals surface area contributed by atoms with Crippen molar-refractivity contribution in [2.75, 3.05) is 6.61 Å². The number of carbonyl (C=O) groups excluding carboxylic acids is 1. The van der Waals surface area contributed by atoms with Gasteiger partial charge in [0.2, 0.25) is 0 Å². The van der Waals surface area contributed by atoms with Crippen LogP contribution in [0.5, 0.6) is 5.75 Å². The molecular formula is C21H25N2O3+. The zero-order valence-electron chi connectivity index (χ0n) is 15.5. The molecule has 1 aromatic heterocycles. The molecule has 1 atom stereocenters. The van der Waals surface area contributed by atoms with Gasteiger partial charge in [-0.1, -0.05) is 12.1 Å². The molecule has 1 heterocycles. The van der Waals surface area contributed by atoms with Crippen molar-refractivity contribution >= 4 is 16.8 Å². The number of hydrogen-bond acceptors (Lipinski definition) is 3. The first kappa shape index (κ1) is 18.1. The van der Waals surface area contributed by atoms with Crippen LogP contribution in [0.25, 0.3) is 11.0 Å². The van der Waals surface area contributed by atoms with Crippen molar-refractivity contribution in [3.05, 3.63) is 59.9 Å². The molecule has 3 aromatic rings. The summed E-state index contributed by atoms with van der Waals surface area (Å²) in [6.07, 6.45) is -0.637. The number of para-hydroxylation sites is 2. The standard InChI is InChI=1S/C21H25N2O3/c1-4-22-16(3)23(21-8-6-5-7-20(21)22)13-18(25)14-26-19-11-9-17(10-12-19)15(2)24/h5-12,18,25H,4,13-14H2,1-3H3/q+1/t18-/m0/s1. The molecule has 0 radical (unpaired) electrons. The molecule has 5 nitrogen and oxygen atoms in total. The fraction of sp³-hybridized carbons (Fsp3) is 0.333. The number of ether oxygens (including phenoxy) is 1. The predicted molar refractivity (Wildman–Crippen MR) is 100 cm³/mol. The third-order valence-corrected chi connectivity index (χ3v) is 4.66. The van der Waals surface area contributed by atoms with Crippen LogP contribution in [0.1, 0.15) is 30.0 Å². The van der Waals surface area contributed by atoms with E-state index in [2.05, 4.69) is 35.1 Å². The van der Waals surface area contributed by atoms with Crippen LogP contribution in [0.4, 0.5) is 0 Å². The third kappa shape index (κ3) is 3.63. The number of aryl methyl sites for hydroxylation is 1. The molecule has 0 fully saturated rings. The normalized spacial score (nSPS) is 12.3. The van der Waals surface area contributed by atoms with Gasteiger partial charge in [0.15, 0.2) is 16.8 Å². The Balaban J connectivity index is 1.70. The van der Waals surface area contributed by atoms with Crippen molar-refractivity contribution in [2.24, 2.45) is 0 Å². The number of carbonyl (C=O) groups is 1. The van der Waals surface area contributed by atoms with Crippen LogP contribution in [0.3, 0.4) is 0 Å². The average Bonchev–Trinajstić information content (AvgIpc) is 2.91. The third-order valence-electron chi connectivity index (χ3n) is 4.66. The van der Waals surface area contributed by atoms with Crippen molar-refractivity contribution in [1.82, 2.24) is 4.57 Å². The number of aliphatic hydroxyl groups is 1. The van der Waals surface area contributed by atoms with Gasteiger partial charge in [-0.15, -0.1) is 0 Å². The molecule has 1 N–H and O–H groups in total. The first-order valence-corrected chi connectivity index (χ1v) is 8.90. The zero-order valence-corrected chi connectivity index (χ0v) is 15.5. The molecule has 0 saturated carbocycles. The fourth-order valence-corrected chi connectivity index (χ4v) is 3.29. The van der Waals surface area contributed by atoms with Gasteiger partial charge in [-0.25, -0.2) is 9.13 Å². The summed E-state index contributed by atoms with van der Waals surface area (Å²) in [5.74, 6) is 1.78. The average molecular weight is 353 g/mol. The van der Waals surface area contributed by atoms with Gasteiger partial charge in [0.25, 0.3) is 5.82 Å². The van der Waals surface area contributed by atoms with Crippen LogP contribution >= 0.6 is 0 Å². The SMILES string of the molecule is CCn1c(C)[n+](C[C@H](O)COc2ccc(C(C)=O)cc2)c2ccccc21. The Labute approximate surface area is 153 Å². The summed E-state index contributed by atoms with van der Waals surface area (Å²) in [5, 5.41) is 10.5. The summed E-state index contributed by atoms with van der Waals surface area (Å²) >= 11 is 0. The summed E-state index contributed by atoms with van der Waals surface area (Å²) in [5.41, 5.74) is 2.92. The van der Waals surface area contributed by atoms with Gasteiger partial charge < -0.3 is 9.84 Å². The van der Waals surface area contributed by atoms with E-state index in [1.54, 1.807) is 24.3 Å². The van der Waals surface area contributed by atoms with Gasteiger partial charge in [0.1, 0.15) is 25.0 Å². The number of hydrogen-bond donors (Lipinski definition) is 1. The lowest BCUT2D eigenvalue weighted by Crippen LogP contribution is -2.44. The van der Waals surface area contributed by atoms with E-state index in [-0.39, 0.29) is 12.4 Å². The Bertz CT molecular complexity index is 913. The van der Waals surface area contributed by atoms with Gasteiger partial charge in [0.05, 0.1) is 6.54 Å². The van der Waals surface area contributed by atoms with Crippen LogP contribution in [-0.2, 0) is 13.1 Å². The lowest BCUT2D eigenvalue weighted by atomic mass is 10.1. The number of ketones is 1. The summed E-state index contributed by atoms with van der Waals surface area (Å²) < 4.78 is 10.0. The highest BCUT2D eigenvalue weighted by molar-refractivity contribution is 5.94. The van der Waals surface area contributed by atoms with Gasteiger partial charge in [0, 0.05) is 12.5 Å². The Kier molecular flexibility index (Phi) is 5.38. The molecule has 136 valence electrons. The van der Waals surface area contributed by atoms with Crippen molar-refractivity contribution in [3.8, 4) is 5.75 Å². The second-order valence-electron chi connectivity index (χ2n) is 6.44. The topological polar surface area (TPSA) is 55.3 Å². The van der Waals surface area contributed by atoms with Crippen LogP contribution in [0, 0.1) is 6.92 Å². The van der Waals surface area contributed by atoms with E-state index in [0.717, 1.165) is 17.9 Å². The van der Waals surface area contributed by atoms with Crippen LogP contribution < -0.4 is 9.30 Å². The molecule has 0 amide bonds. The van der Waals surface area contributed by atoms with Gasteiger partial charge in [-0.3, -0.25) is 4.79 Å². The molecule has 0 unspecified atom stereocenters. The molecule has 2 aromatic carbocycles. The highest BCUT2D eigenvalue weighted by atomic mass is 16.5. The van der Waals surface area contributed by atoms with Gasteiger partial charge >= 0.3 is 0 Å². The van der Waals surface area contributed by atoms with Crippen molar-refractivity contribution in [3.63, 3.8) is 0 Å². The van der Waals surface area contributed by atoms with E-state index in [0.29, 0.717) is 17.9 Å². The molecule has 0 saturated heterocycles. The first-order valence-electron chi connectivity index (χ1n) is 8.90. The maximum absolute atomic E-state index is 11.3. The predicted octanol–water partition coefficient (Wildman–Crippen LogP) is 2.90. The minimum Gasteiger partial charge on any atom is -0.491 e. The van der Waals surface area contributed by atoms with Gasteiger partial charge in [-0.2, -0.15) is 0 Å². The monoisotopic (exact) mass is 353 g/mol. The quantitative estimate of drug-likeness (QED) is 0.525.